The van der Waals surface area contributed by atoms with Crippen LogP contribution in [-0.4, -0.2) is 28.5 Å². The molecule has 1 unspecified atom stereocenters. The quantitative estimate of drug-likeness (QED) is 0.904. The fourth-order valence-corrected chi connectivity index (χ4v) is 3.30. The molecule has 4 nitrogen and oxygen atoms in total. The standard InChI is InChI=1S/C13H14N2O2S/c1-13(12(16)17)6-7-15(8-13)11-9-4-2-3-5-10(9)14-18-11/h2-5H,6-8H2,1H3,(H,16,17). The van der Waals surface area contributed by atoms with Gasteiger partial charge in [-0.25, -0.2) is 0 Å². The van der Waals surface area contributed by atoms with Crippen molar-refractivity contribution in [1.82, 2.24) is 4.37 Å². The highest BCUT2D eigenvalue weighted by molar-refractivity contribution is 7.11. The Morgan fingerprint density at radius 3 is 3.00 bits per heavy atom. The van der Waals surface area contributed by atoms with Crippen LogP contribution in [-0.2, 0) is 4.79 Å². The smallest absolute Gasteiger partial charge is 0.311 e. The first-order valence-electron chi connectivity index (χ1n) is 5.93. The Bertz CT molecular complexity index is 610. The zero-order valence-corrected chi connectivity index (χ0v) is 10.9. The number of anilines is 1. The van der Waals surface area contributed by atoms with Gasteiger partial charge in [-0.15, -0.1) is 0 Å². The van der Waals surface area contributed by atoms with E-state index in [2.05, 4.69) is 9.27 Å². The summed E-state index contributed by atoms with van der Waals surface area (Å²) in [5.74, 6) is -0.709. The third-order valence-electron chi connectivity index (χ3n) is 3.64. The van der Waals surface area contributed by atoms with E-state index < -0.39 is 11.4 Å². The second-order valence-electron chi connectivity index (χ2n) is 5.04. The SMILES string of the molecule is CC1(C(=O)O)CCN(c2snc3ccccc23)C1. The molecule has 1 aromatic heterocycles. The van der Waals surface area contributed by atoms with Gasteiger partial charge in [0.05, 0.1) is 10.9 Å². The van der Waals surface area contributed by atoms with Gasteiger partial charge in [0.15, 0.2) is 0 Å². The fourth-order valence-electron chi connectivity index (χ4n) is 2.41. The molecule has 3 rings (SSSR count). The highest BCUT2D eigenvalue weighted by Gasteiger charge is 2.41. The summed E-state index contributed by atoms with van der Waals surface area (Å²) < 4.78 is 4.41. The molecule has 1 N–H and O–H groups in total. The predicted molar refractivity (Wildman–Crippen MR) is 72.2 cm³/mol. The number of carbonyl (C=O) groups is 1. The number of aliphatic carboxylic acids is 1. The maximum absolute atomic E-state index is 11.3. The van der Waals surface area contributed by atoms with Crippen LogP contribution >= 0.6 is 11.5 Å². The number of hydrogen-bond donors (Lipinski definition) is 1. The summed E-state index contributed by atoms with van der Waals surface area (Å²) in [6, 6.07) is 8.00. The van der Waals surface area contributed by atoms with Crippen LogP contribution < -0.4 is 4.90 Å². The van der Waals surface area contributed by atoms with Crippen LogP contribution in [0.2, 0.25) is 0 Å². The minimum absolute atomic E-state index is 0.564. The van der Waals surface area contributed by atoms with Crippen LogP contribution in [0.15, 0.2) is 24.3 Å². The first-order chi connectivity index (χ1) is 8.60. The molecule has 2 heterocycles. The molecule has 1 aliphatic rings. The minimum Gasteiger partial charge on any atom is -0.481 e. The minimum atomic E-state index is -0.709. The largest absolute Gasteiger partial charge is 0.481 e. The van der Waals surface area contributed by atoms with Crippen LogP contribution in [0.4, 0.5) is 5.00 Å². The molecule has 0 amide bonds. The molecule has 2 aromatic rings. The fraction of sp³-hybridized carbons (Fsp3) is 0.385. The van der Waals surface area contributed by atoms with E-state index >= 15 is 0 Å². The van der Waals surface area contributed by atoms with Gasteiger partial charge in [-0.05, 0) is 37.0 Å². The third kappa shape index (κ3) is 1.66. The van der Waals surface area contributed by atoms with Gasteiger partial charge in [-0.1, -0.05) is 12.1 Å². The molecule has 0 bridgehead atoms. The molecule has 0 spiro atoms. The Balaban J connectivity index is 1.95. The Kier molecular flexibility index (Phi) is 2.52. The topological polar surface area (TPSA) is 53.4 Å². The van der Waals surface area contributed by atoms with E-state index in [1.807, 2.05) is 31.2 Å². The molecule has 1 saturated heterocycles. The molecular formula is C13H14N2O2S. The van der Waals surface area contributed by atoms with Crippen LogP contribution in [0.3, 0.4) is 0 Å². The average molecular weight is 262 g/mol. The van der Waals surface area contributed by atoms with Crippen LogP contribution in [0.5, 0.6) is 0 Å². The Morgan fingerprint density at radius 1 is 1.50 bits per heavy atom. The van der Waals surface area contributed by atoms with E-state index in [0.717, 1.165) is 22.4 Å². The van der Waals surface area contributed by atoms with E-state index in [9.17, 15) is 9.90 Å². The van der Waals surface area contributed by atoms with E-state index in [4.69, 9.17) is 0 Å². The normalized spacial score (nSPS) is 23.7. The Hall–Kier alpha value is -1.62. The van der Waals surface area contributed by atoms with Crippen molar-refractivity contribution in [1.29, 1.82) is 0 Å². The van der Waals surface area contributed by atoms with E-state index in [0.29, 0.717) is 13.0 Å². The van der Waals surface area contributed by atoms with Gasteiger partial charge < -0.3 is 10.0 Å². The number of nitrogens with zero attached hydrogens (tertiary/aromatic N) is 2. The Labute approximate surface area is 109 Å². The van der Waals surface area contributed by atoms with E-state index in [1.165, 1.54) is 11.5 Å². The Morgan fingerprint density at radius 2 is 2.28 bits per heavy atom. The highest BCUT2D eigenvalue weighted by Crippen LogP contribution is 2.38. The summed E-state index contributed by atoms with van der Waals surface area (Å²) in [4.78, 5) is 13.4. The third-order valence-corrected chi connectivity index (χ3v) is 4.58. The summed E-state index contributed by atoms with van der Waals surface area (Å²) >= 11 is 1.46. The number of hydrogen-bond acceptors (Lipinski definition) is 4. The molecule has 1 atom stereocenters. The maximum Gasteiger partial charge on any atom is 0.311 e. The van der Waals surface area contributed by atoms with Gasteiger partial charge in [0.1, 0.15) is 5.00 Å². The van der Waals surface area contributed by atoms with Crippen molar-refractivity contribution in [3.05, 3.63) is 24.3 Å². The van der Waals surface area contributed by atoms with Crippen molar-refractivity contribution in [2.24, 2.45) is 5.41 Å². The molecule has 1 aromatic carbocycles. The summed E-state index contributed by atoms with van der Waals surface area (Å²) in [6.07, 6.45) is 0.689. The van der Waals surface area contributed by atoms with Crippen molar-refractivity contribution < 1.29 is 9.90 Å². The molecule has 5 heteroatoms. The van der Waals surface area contributed by atoms with Crippen molar-refractivity contribution >= 4 is 33.4 Å². The summed E-state index contributed by atoms with van der Waals surface area (Å²) in [5.41, 5.74) is 0.354. The molecule has 0 radical (unpaired) electrons. The number of carboxylic acids is 1. The predicted octanol–water partition coefficient (Wildman–Crippen LogP) is 2.60. The zero-order valence-electron chi connectivity index (χ0n) is 10.1. The second kappa shape index (κ2) is 3.95. The van der Waals surface area contributed by atoms with E-state index in [-0.39, 0.29) is 0 Å². The van der Waals surface area contributed by atoms with Gasteiger partial charge >= 0.3 is 5.97 Å². The van der Waals surface area contributed by atoms with Gasteiger partial charge in [0.2, 0.25) is 0 Å². The molecule has 0 saturated carbocycles. The number of aromatic nitrogens is 1. The van der Waals surface area contributed by atoms with Crippen LogP contribution in [0, 0.1) is 5.41 Å². The zero-order chi connectivity index (χ0) is 12.8. The average Bonchev–Trinajstić information content (AvgIpc) is 2.93. The lowest BCUT2D eigenvalue weighted by Crippen LogP contribution is -2.31. The summed E-state index contributed by atoms with van der Waals surface area (Å²) in [7, 11) is 0. The monoisotopic (exact) mass is 262 g/mol. The molecule has 18 heavy (non-hydrogen) atoms. The van der Waals surface area contributed by atoms with Crippen LogP contribution in [0.1, 0.15) is 13.3 Å². The molecule has 1 aliphatic heterocycles. The lowest BCUT2D eigenvalue weighted by Gasteiger charge is -2.20. The van der Waals surface area contributed by atoms with Crippen molar-refractivity contribution in [2.75, 3.05) is 18.0 Å². The highest BCUT2D eigenvalue weighted by atomic mass is 32.1. The second-order valence-corrected chi connectivity index (χ2v) is 5.79. The maximum atomic E-state index is 11.3. The van der Waals surface area contributed by atoms with Crippen molar-refractivity contribution in [2.45, 2.75) is 13.3 Å². The van der Waals surface area contributed by atoms with Gasteiger partial charge in [0.25, 0.3) is 0 Å². The summed E-state index contributed by atoms with van der Waals surface area (Å²) in [6.45, 7) is 3.17. The first-order valence-corrected chi connectivity index (χ1v) is 6.70. The van der Waals surface area contributed by atoms with Crippen molar-refractivity contribution in [3.8, 4) is 0 Å². The molecule has 94 valence electrons. The number of benzene rings is 1. The summed E-state index contributed by atoms with van der Waals surface area (Å²) in [5, 5.41) is 11.5. The van der Waals surface area contributed by atoms with Crippen LogP contribution in [0.25, 0.3) is 10.9 Å². The molecular weight excluding hydrogens is 248 g/mol. The molecule has 0 aliphatic carbocycles. The first kappa shape index (κ1) is 11.5. The number of fused-ring (bicyclic) bond motifs is 1. The lowest BCUT2D eigenvalue weighted by atomic mass is 9.90. The molecule has 1 fully saturated rings. The van der Waals surface area contributed by atoms with Gasteiger partial charge in [0, 0.05) is 18.5 Å². The van der Waals surface area contributed by atoms with E-state index in [1.54, 1.807) is 0 Å². The number of carboxylic acid groups (broad SMARTS) is 1. The van der Waals surface area contributed by atoms with Gasteiger partial charge in [-0.3, -0.25) is 4.79 Å². The van der Waals surface area contributed by atoms with Crippen molar-refractivity contribution in [3.63, 3.8) is 0 Å². The number of rotatable bonds is 2. The van der Waals surface area contributed by atoms with Gasteiger partial charge in [-0.2, -0.15) is 4.37 Å². The lowest BCUT2D eigenvalue weighted by molar-refractivity contribution is -0.146.